The third-order valence-electron chi connectivity index (χ3n) is 4.31. The molecule has 148 valence electrons. The second-order valence-electron chi connectivity index (χ2n) is 6.53. The number of hydrogen-bond donors (Lipinski definition) is 3. The molecule has 9 heteroatoms. The number of para-hydroxylation sites is 1. The molecule has 2 aromatic carbocycles. The Labute approximate surface area is 168 Å². The SMILES string of the molecule is O=C(CNc1ccccc1C(=O)Nc1ccc(Cl)cc1)N[C@@H]1CCS(=O)(=O)C1. The largest absolute Gasteiger partial charge is 0.376 e. The van der Waals surface area contributed by atoms with E-state index in [1.807, 2.05) is 0 Å². The van der Waals surface area contributed by atoms with Crippen LogP contribution in [0.3, 0.4) is 0 Å². The third kappa shape index (κ3) is 5.46. The molecule has 0 aromatic heterocycles. The van der Waals surface area contributed by atoms with Crippen molar-refractivity contribution in [1.82, 2.24) is 5.32 Å². The van der Waals surface area contributed by atoms with Gasteiger partial charge in [-0.15, -0.1) is 0 Å². The molecule has 0 saturated carbocycles. The Balaban J connectivity index is 1.59. The molecule has 0 radical (unpaired) electrons. The zero-order chi connectivity index (χ0) is 20.1. The molecule has 3 N–H and O–H groups in total. The maximum Gasteiger partial charge on any atom is 0.257 e. The lowest BCUT2D eigenvalue weighted by atomic mass is 10.1. The molecule has 0 bridgehead atoms. The van der Waals surface area contributed by atoms with Crippen molar-refractivity contribution in [2.45, 2.75) is 12.5 Å². The van der Waals surface area contributed by atoms with Gasteiger partial charge in [0.05, 0.1) is 23.6 Å². The van der Waals surface area contributed by atoms with Crippen molar-refractivity contribution >= 4 is 44.6 Å². The number of nitrogens with one attached hydrogen (secondary N) is 3. The van der Waals surface area contributed by atoms with E-state index in [9.17, 15) is 18.0 Å². The molecule has 0 aliphatic carbocycles. The van der Waals surface area contributed by atoms with Gasteiger partial charge in [0.1, 0.15) is 0 Å². The number of anilines is 2. The van der Waals surface area contributed by atoms with Gasteiger partial charge in [0.25, 0.3) is 5.91 Å². The number of carbonyl (C=O) groups is 2. The molecule has 1 aliphatic rings. The van der Waals surface area contributed by atoms with Crippen molar-refractivity contribution in [1.29, 1.82) is 0 Å². The predicted molar refractivity (Wildman–Crippen MR) is 110 cm³/mol. The Bertz CT molecular complexity index is 977. The minimum Gasteiger partial charge on any atom is -0.376 e. The molecule has 1 atom stereocenters. The molecular weight excluding hydrogens is 402 g/mol. The topological polar surface area (TPSA) is 104 Å². The van der Waals surface area contributed by atoms with E-state index in [1.54, 1.807) is 48.5 Å². The van der Waals surface area contributed by atoms with E-state index < -0.39 is 9.84 Å². The van der Waals surface area contributed by atoms with E-state index in [-0.39, 0.29) is 35.9 Å². The summed E-state index contributed by atoms with van der Waals surface area (Å²) >= 11 is 5.84. The van der Waals surface area contributed by atoms with Crippen LogP contribution in [0, 0.1) is 0 Å². The van der Waals surface area contributed by atoms with Gasteiger partial charge in [-0.2, -0.15) is 0 Å². The lowest BCUT2D eigenvalue weighted by molar-refractivity contribution is -0.119. The number of carbonyl (C=O) groups excluding carboxylic acids is 2. The lowest BCUT2D eigenvalue weighted by Crippen LogP contribution is -2.39. The maximum atomic E-state index is 12.6. The number of hydrogen-bond acceptors (Lipinski definition) is 5. The molecule has 2 amide bonds. The second kappa shape index (κ2) is 8.62. The van der Waals surface area contributed by atoms with Crippen LogP contribution < -0.4 is 16.0 Å². The molecule has 3 rings (SSSR count). The second-order valence-corrected chi connectivity index (χ2v) is 9.19. The fraction of sp³-hybridized carbons (Fsp3) is 0.263. The average Bonchev–Trinajstić information content (AvgIpc) is 3.00. The van der Waals surface area contributed by atoms with E-state index in [1.165, 1.54) is 0 Å². The molecule has 1 fully saturated rings. The minimum absolute atomic E-state index is 0.0289. The summed E-state index contributed by atoms with van der Waals surface area (Å²) in [5.41, 5.74) is 1.49. The van der Waals surface area contributed by atoms with E-state index >= 15 is 0 Å². The van der Waals surface area contributed by atoms with E-state index in [4.69, 9.17) is 11.6 Å². The van der Waals surface area contributed by atoms with Crippen molar-refractivity contribution in [3.05, 3.63) is 59.1 Å². The summed E-state index contributed by atoms with van der Waals surface area (Å²) in [5, 5.41) is 8.99. The zero-order valence-electron chi connectivity index (χ0n) is 14.9. The number of amides is 2. The van der Waals surface area contributed by atoms with Gasteiger partial charge in [0.2, 0.25) is 5.91 Å². The molecule has 2 aromatic rings. The van der Waals surface area contributed by atoms with Crippen LogP contribution in [0.25, 0.3) is 0 Å². The van der Waals surface area contributed by atoms with Gasteiger partial charge in [-0.25, -0.2) is 8.42 Å². The predicted octanol–water partition coefficient (Wildman–Crippen LogP) is 2.31. The van der Waals surface area contributed by atoms with E-state index in [0.717, 1.165) is 0 Å². The molecule has 7 nitrogen and oxygen atoms in total. The van der Waals surface area contributed by atoms with Crippen LogP contribution in [0.1, 0.15) is 16.8 Å². The summed E-state index contributed by atoms with van der Waals surface area (Å²) in [5.74, 6) is -0.583. The van der Waals surface area contributed by atoms with Crippen LogP contribution in [-0.4, -0.2) is 44.3 Å². The van der Waals surface area contributed by atoms with Crippen LogP contribution >= 0.6 is 11.6 Å². The Kier molecular flexibility index (Phi) is 6.21. The van der Waals surface area contributed by atoms with Crippen molar-refractivity contribution in [3.63, 3.8) is 0 Å². The van der Waals surface area contributed by atoms with Crippen LogP contribution in [0.5, 0.6) is 0 Å². The molecular formula is C19H20ClN3O4S. The van der Waals surface area contributed by atoms with Crippen LogP contribution in [0.2, 0.25) is 5.02 Å². The molecule has 1 aliphatic heterocycles. The maximum absolute atomic E-state index is 12.6. The highest BCUT2D eigenvalue weighted by atomic mass is 35.5. The fourth-order valence-corrected chi connectivity index (χ4v) is 4.73. The van der Waals surface area contributed by atoms with Crippen LogP contribution in [-0.2, 0) is 14.6 Å². The Morgan fingerprint density at radius 3 is 2.46 bits per heavy atom. The molecule has 28 heavy (non-hydrogen) atoms. The molecule has 0 spiro atoms. The first-order valence-corrected chi connectivity index (χ1v) is 10.9. The number of halogens is 1. The standard InChI is InChI=1S/C19H20ClN3O4S/c20-13-5-7-14(8-6-13)23-19(25)16-3-1-2-4-17(16)21-11-18(24)22-15-9-10-28(26,27)12-15/h1-8,15,21H,9-12H2,(H,22,24)(H,23,25)/t15-/m1/s1. The van der Waals surface area contributed by atoms with E-state index in [2.05, 4.69) is 16.0 Å². The summed E-state index contributed by atoms with van der Waals surface area (Å²) in [6.45, 7) is -0.0677. The average molecular weight is 422 g/mol. The third-order valence-corrected chi connectivity index (χ3v) is 6.33. The smallest absolute Gasteiger partial charge is 0.257 e. The van der Waals surface area contributed by atoms with Gasteiger partial charge in [-0.1, -0.05) is 23.7 Å². The monoisotopic (exact) mass is 421 g/mol. The molecule has 0 unspecified atom stereocenters. The van der Waals surface area contributed by atoms with Gasteiger partial charge in [0.15, 0.2) is 9.84 Å². The molecule has 1 saturated heterocycles. The first-order valence-electron chi connectivity index (χ1n) is 8.72. The lowest BCUT2D eigenvalue weighted by Gasteiger charge is -2.14. The quantitative estimate of drug-likeness (QED) is 0.663. The number of rotatable bonds is 6. The van der Waals surface area contributed by atoms with Gasteiger partial charge < -0.3 is 16.0 Å². The Morgan fingerprint density at radius 1 is 1.07 bits per heavy atom. The first kappa shape index (κ1) is 20.2. The van der Waals surface area contributed by atoms with Crippen molar-refractivity contribution in [2.75, 3.05) is 28.7 Å². The van der Waals surface area contributed by atoms with Crippen molar-refractivity contribution in [2.24, 2.45) is 0 Å². The highest BCUT2D eigenvalue weighted by molar-refractivity contribution is 7.91. The highest BCUT2D eigenvalue weighted by Gasteiger charge is 2.28. The van der Waals surface area contributed by atoms with E-state index in [0.29, 0.717) is 28.4 Å². The van der Waals surface area contributed by atoms with Gasteiger partial charge in [-0.3, -0.25) is 9.59 Å². The first-order chi connectivity index (χ1) is 13.3. The summed E-state index contributed by atoms with van der Waals surface area (Å²) in [7, 11) is -3.05. The Morgan fingerprint density at radius 2 is 1.79 bits per heavy atom. The highest BCUT2D eigenvalue weighted by Crippen LogP contribution is 2.19. The zero-order valence-corrected chi connectivity index (χ0v) is 16.5. The van der Waals surface area contributed by atoms with Crippen LogP contribution in [0.4, 0.5) is 11.4 Å². The number of sulfone groups is 1. The van der Waals surface area contributed by atoms with Gasteiger partial charge in [-0.05, 0) is 42.8 Å². The summed E-state index contributed by atoms with van der Waals surface area (Å²) in [6.07, 6.45) is 0.425. The summed E-state index contributed by atoms with van der Waals surface area (Å²) in [6, 6.07) is 13.2. The van der Waals surface area contributed by atoms with Gasteiger partial charge in [0, 0.05) is 22.4 Å². The van der Waals surface area contributed by atoms with Crippen molar-refractivity contribution in [3.8, 4) is 0 Å². The minimum atomic E-state index is -3.05. The molecule has 1 heterocycles. The van der Waals surface area contributed by atoms with Crippen molar-refractivity contribution < 1.29 is 18.0 Å². The van der Waals surface area contributed by atoms with Crippen LogP contribution in [0.15, 0.2) is 48.5 Å². The normalized spacial score (nSPS) is 17.7. The van der Waals surface area contributed by atoms with Gasteiger partial charge >= 0.3 is 0 Å². The fourth-order valence-electron chi connectivity index (χ4n) is 2.93. The summed E-state index contributed by atoms with van der Waals surface area (Å²) < 4.78 is 22.9. The number of benzene rings is 2. The summed E-state index contributed by atoms with van der Waals surface area (Å²) in [4.78, 5) is 24.7. The Hall–Kier alpha value is -2.58.